The van der Waals surface area contributed by atoms with Gasteiger partial charge in [0.25, 0.3) is 0 Å². The fourth-order valence-corrected chi connectivity index (χ4v) is 2.58. The fraction of sp³-hybridized carbons (Fsp3) is 0.571. The van der Waals surface area contributed by atoms with Crippen LogP contribution in [-0.4, -0.2) is 24.4 Å². The molecule has 1 aliphatic rings. The van der Waals surface area contributed by atoms with Crippen molar-refractivity contribution in [2.75, 3.05) is 18.0 Å². The molecule has 2 rings (SSSR count). The van der Waals surface area contributed by atoms with Crippen LogP contribution in [0.5, 0.6) is 0 Å². The smallest absolute Gasteiger partial charge is 0.389 e. The Labute approximate surface area is 110 Å². The molecule has 0 amide bonds. The lowest BCUT2D eigenvalue weighted by atomic mass is 9.95. The van der Waals surface area contributed by atoms with Crippen molar-refractivity contribution in [2.45, 2.75) is 32.0 Å². The van der Waals surface area contributed by atoms with Gasteiger partial charge >= 0.3 is 6.18 Å². The Hall–Kier alpha value is -1.23. The van der Waals surface area contributed by atoms with Crippen LogP contribution in [0, 0.1) is 5.92 Å². The molecule has 1 fully saturated rings. The summed E-state index contributed by atoms with van der Waals surface area (Å²) in [5.74, 6) is -1.19. The molecule has 1 aromatic carbocycles. The minimum absolute atomic E-state index is 0.123. The average Bonchev–Trinajstić information content (AvgIpc) is 2.38. The van der Waals surface area contributed by atoms with Gasteiger partial charge in [0, 0.05) is 24.3 Å². The van der Waals surface area contributed by atoms with Crippen LogP contribution in [0.15, 0.2) is 24.3 Å². The van der Waals surface area contributed by atoms with Crippen LogP contribution < -0.4 is 4.90 Å². The molecule has 5 heteroatoms. The molecule has 0 unspecified atom stereocenters. The second kappa shape index (κ2) is 5.41. The summed E-state index contributed by atoms with van der Waals surface area (Å²) < 4.78 is 37.9. The number of hydrogen-bond donors (Lipinski definition) is 1. The number of alkyl halides is 3. The van der Waals surface area contributed by atoms with Crippen LogP contribution in [0.2, 0.25) is 0 Å². The Morgan fingerprint density at radius 2 is 1.79 bits per heavy atom. The van der Waals surface area contributed by atoms with E-state index in [9.17, 15) is 18.3 Å². The number of rotatable bonds is 2. The summed E-state index contributed by atoms with van der Waals surface area (Å²) in [5, 5.41) is 9.71. The molecule has 1 saturated heterocycles. The third-order valence-electron chi connectivity index (χ3n) is 3.69. The second-order valence-corrected chi connectivity index (χ2v) is 5.04. The van der Waals surface area contributed by atoms with Gasteiger partial charge in [-0.1, -0.05) is 18.2 Å². The zero-order chi connectivity index (χ0) is 14.0. The first kappa shape index (κ1) is 14.2. The molecule has 0 bridgehead atoms. The van der Waals surface area contributed by atoms with Gasteiger partial charge in [-0.05, 0) is 25.8 Å². The number of benzene rings is 1. The third-order valence-corrected chi connectivity index (χ3v) is 3.69. The quantitative estimate of drug-likeness (QED) is 0.891. The first-order valence-corrected chi connectivity index (χ1v) is 6.48. The molecule has 2 nitrogen and oxygen atoms in total. The molecule has 0 radical (unpaired) electrons. The average molecular weight is 273 g/mol. The van der Waals surface area contributed by atoms with E-state index in [-0.39, 0.29) is 12.8 Å². The lowest BCUT2D eigenvalue weighted by Crippen LogP contribution is -2.39. The molecule has 19 heavy (non-hydrogen) atoms. The van der Waals surface area contributed by atoms with Gasteiger partial charge in [0.1, 0.15) is 0 Å². The first-order chi connectivity index (χ1) is 8.89. The highest BCUT2D eigenvalue weighted by molar-refractivity contribution is 5.54. The van der Waals surface area contributed by atoms with E-state index in [0.717, 1.165) is 11.3 Å². The number of aliphatic hydroxyl groups is 1. The van der Waals surface area contributed by atoms with Gasteiger partial charge < -0.3 is 10.0 Å². The maximum Gasteiger partial charge on any atom is 0.391 e. The first-order valence-electron chi connectivity index (χ1n) is 6.48. The van der Waals surface area contributed by atoms with E-state index in [1.165, 1.54) is 0 Å². The molecule has 0 saturated carbocycles. The lowest BCUT2D eigenvalue weighted by molar-refractivity contribution is -0.179. The maximum absolute atomic E-state index is 12.6. The molecule has 1 aliphatic heterocycles. The van der Waals surface area contributed by atoms with Crippen molar-refractivity contribution in [3.8, 4) is 0 Å². The number of hydrogen-bond acceptors (Lipinski definition) is 2. The van der Waals surface area contributed by atoms with E-state index in [2.05, 4.69) is 0 Å². The molecule has 1 aromatic rings. The van der Waals surface area contributed by atoms with Crippen molar-refractivity contribution in [1.29, 1.82) is 0 Å². The maximum atomic E-state index is 12.6. The van der Waals surface area contributed by atoms with E-state index >= 15 is 0 Å². The predicted molar refractivity (Wildman–Crippen MR) is 68.1 cm³/mol. The molecule has 0 aliphatic carbocycles. The van der Waals surface area contributed by atoms with Gasteiger partial charge in [0.15, 0.2) is 0 Å². The van der Waals surface area contributed by atoms with Crippen LogP contribution >= 0.6 is 0 Å². The van der Waals surface area contributed by atoms with Gasteiger partial charge in [-0.25, -0.2) is 0 Å². The number of aliphatic hydroxyl groups excluding tert-OH is 1. The van der Waals surface area contributed by atoms with Crippen molar-refractivity contribution in [3.63, 3.8) is 0 Å². The van der Waals surface area contributed by atoms with Gasteiger partial charge in [-0.2, -0.15) is 13.2 Å². The number of piperidine rings is 1. The number of anilines is 1. The van der Waals surface area contributed by atoms with E-state index in [4.69, 9.17) is 0 Å². The molecule has 1 heterocycles. The Kier molecular flexibility index (Phi) is 4.04. The van der Waals surface area contributed by atoms with Gasteiger partial charge in [0.05, 0.1) is 12.0 Å². The van der Waals surface area contributed by atoms with Crippen molar-refractivity contribution < 1.29 is 18.3 Å². The third kappa shape index (κ3) is 3.21. The summed E-state index contributed by atoms with van der Waals surface area (Å²) in [7, 11) is 0. The number of halogens is 3. The van der Waals surface area contributed by atoms with Gasteiger partial charge in [-0.3, -0.25) is 0 Å². The molecular weight excluding hydrogens is 255 g/mol. The summed E-state index contributed by atoms with van der Waals surface area (Å²) in [6.45, 7) is 2.43. The van der Waals surface area contributed by atoms with E-state index in [1.54, 1.807) is 6.92 Å². The Morgan fingerprint density at radius 3 is 2.32 bits per heavy atom. The SMILES string of the molecule is C[C@H](O)c1ccccc1N1CCC(C(F)(F)F)CC1. The van der Waals surface area contributed by atoms with Crippen LogP contribution in [0.3, 0.4) is 0 Å². The molecule has 1 N–H and O–H groups in total. The van der Waals surface area contributed by atoms with Crippen LogP contribution in [-0.2, 0) is 0 Å². The number of nitrogens with zero attached hydrogens (tertiary/aromatic N) is 1. The van der Waals surface area contributed by atoms with Gasteiger partial charge in [-0.15, -0.1) is 0 Å². The van der Waals surface area contributed by atoms with Crippen LogP contribution in [0.25, 0.3) is 0 Å². The van der Waals surface area contributed by atoms with Crippen molar-refractivity contribution in [1.82, 2.24) is 0 Å². The summed E-state index contributed by atoms with van der Waals surface area (Å²) in [6, 6.07) is 7.34. The Morgan fingerprint density at radius 1 is 1.21 bits per heavy atom. The van der Waals surface area contributed by atoms with Gasteiger partial charge in [0.2, 0.25) is 0 Å². The molecular formula is C14H18F3NO. The predicted octanol–water partition coefficient (Wildman–Crippen LogP) is 3.52. The number of para-hydroxylation sites is 1. The zero-order valence-corrected chi connectivity index (χ0v) is 10.8. The van der Waals surface area contributed by atoms with E-state index in [1.807, 2.05) is 29.2 Å². The molecule has 1 atom stereocenters. The fourth-order valence-electron chi connectivity index (χ4n) is 2.58. The lowest BCUT2D eigenvalue weighted by Gasteiger charge is -2.35. The molecule has 0 aromatic heterocycles. The standard InChI is InChI=1S/C14H18F3NO/c1-10(19)12-4-2-3-5-13(12)18-8-6-11(7-9-18)14(15,16)17/h2-5,10-11,19H,6-9H2,1H3/t10-/m0/s1. The summed E-state index contributed by atoms with van der Waals surface area (Å²) >= 11 is 0. The molecule has 0 spiro atoms. The highest BCUT2D eigenvalue weighted by atomic mass is 19.4. The topological polar surface area (TPSA) is 23.5 Å². The van der Waals surface area contributed by atoms with E-state index < -0.39 is 18.2 Å². The Bertz CT molecular complexity index is 423. The minimum Gasteiger partial charge on any atom is -0.389 e. The normalized spacial score (nSPS) is 19.5. The Balaban J connectivity index is 2.10. The minimum atomic E-state index is -4.09. The highest BCUT2D eigenvalue weighted by Gasteiger charge is 2.41. The molecule has 106 valence electrons. The second-order valence-electron chi connectivity index (χ2n) is 5.04. The van der Waals surface area contributed by atoms with Crippen LogP contribution in [0.4, 0.5) is 18.9 Å². The van der Waals surface area contributed by atoms with Crippen LogP contribution in [0.1, 0.15) is 31.4 Å². The summed E-state index contributed by atoms with van der Waals surface area (Å²) in [6.07, 6.45) is -4.46. The van der Waals surface area contributed by atoms with Crippen molar-refractivity contribution >= 4 is 5.69 Å². The zero-order valence-electron chi connectivity index (χ0n) is 10.8. The largest absolute Gasteiger partial charge is 0.391 e. The monoisotopic (exact) mass is 273 g/mol. The van der Waals surface area contributed by atoms with E-state index in [0.29, 0.717) is 13.1 Å². The van der Waals surface area contributed by atoms with Crippen molar-refractivity contribution in [3.05, 3.63) is 29.8 Å². The van der Waals surface area contributed by atoms with Crippen molar-refractivity contribution in [2.24, 2.45) is 5.92 Å². The summed E-state index contributed by atoms with van der Waals surface area (Å²) in [4.78, 5) is 1.93. The summed E-state index contributed by atoms with van der Waals surface area (Å²) in [5.41, 5.74) is 1.62. The highest BCUT2D eigenvalue weighted by Crippen LogP contribution is 2.36.